The van der Waals surface area contributed by atoms with Crippen LogP contribution in [0.15, 0.2) is 42.7 Å². The third-order valence-electron chi connectivity index (χ3n) is 5.05. The summed E-state index contributed by atoms with van der Waals surface area (Å²) < 4.78 is 39.0. The minimum atomic E-state index is -4.60. The Morgan fingerprint density at radius 2 is 1.82 bits per heavy atom. The zero-order valence-corrected chi connectivity index (χ0v) is 14.9. The van der Waals surface area contributed by atoms with Crippen LogP contribution in [-0.2, 0) is 23.9 Å². The lowest BCUT2D eigenvalue weighted by molar-refractivity contribution is -0.137. The van der Waals surface area contributed by atoms with Gasteiger partial charge in [-0.25, -0.2) is 0 Å². The van der Waals surface area contributed by atoms with Gasteiger partial charge in [-0.3, -0.25) is 14.6 Å². The van der Waals surface area contributed by atoms with E-state index in [0.29, 0.717) is 12.6 Å². The molecule has 1 saturated carbocycles. The van der Waals surface area contributed by atoms with Crippen LogP contribution >= 0.6 is 0 Å². The minimum absolute atomic E-state index is 0.122. The number of hydrogen-bond donors (Lipinski definition) is 1. The second-order valence-electron chi connectivity index (χ2n) is 7.16. The van der Waals surface area contributed by atoms with E-state index in [1.807, 2.05) is 24.3 Å². The van der Waals surface area contributed by atoms with Crippen molar-refractivity contribution in [1.29, 1.82) is 0 Å². The summed E-state index contributed by atoms with van der Waals surface area (Å²) in [5.74, 6) is -0.908. The van der Waals surface area contributed by atoms with Crippen LogP contribution in [0.4, 0.5) is 13.2 Å². The van der Waals surface area contributed by atoms with E-state index in [9.17, 15) is 22.8 Å². The van der Waals surface area contributed by atoms with E-state index in [2.05, 4.69) is 10.3 Å². The molecule has 0 spiro atoms. The number of halogens is 3. The summed E-state index contributed by atoms with van der Waals surface area (Å²) in [7, 11) is 0. The van der Waals surface area contributed by atoms with Gasteiger partial charge >= 0.3 is 6.18 Å². The molecule has 0 radical (unpaired) electrons. The van der Waals surface area contributed by atoms with Crippen molar-refractivity contribution < 1.29 is 22.8 Å². The summed E-state index contributed by atoms with van der Waals surface area (Å²) in [6.07, 6.45) is -0.679. The predicted molar refractivity (Wildman–Crippen MR) is 94.2 cm³/mol. The molecule has 28 heavy (non-hydrogen) atoms. The lowest BCUT2D eigenvalue weighted by Gasteiger charge is -2.36. The quantitative estimate of drug-likeness (QED) is 0.878. The molecule has 2 aliphatic rings. The Labute approximate surface area is 159 Å². The number of nitrogens with one attached hydrogen (secondary N) is 1. The van der Waals surface area contributed by atoms with Crippen LogP contribution in [-0.4, -0.2) is 33.8 Å². The summed E-state index contributed by atoms with van der Waals surface area (Å²) in [5, 5.41) is 2.90. The predicted octanol–water partition coefficient (Wildman–Crippen LogP) is 2.95. The number of alkyl halides is 3. The van der Waals surface area contributed by atoms with Gasteiger partial charge in [0.2, 0.25) is 5.91 Å². The Bertz CT molecular complexity index is 925. The molecule has 0 unspecified atom stereocenters. The van der Waals surface area contributed by atoms with Crippen LogP contribution in [0.2, 0.25) is 0 Å². The minimum Gasteiger partial charge on any atom is -0.352 e. The first-order valence-electron chi connectivity index (χ1n) is 9.03. The average Bonchev–Trinajstić information content (AvgIpc) is 3.49. The first-order chi connectivity index (χ1) is 13.3. The molecule has 1 aromatic carbocycles. The number of benzene rings is 1. The highest BCUT2D eigenvalue weighted by atomic mass is 19.4. The van der Waals surface area contributed by atoms with Gasteiger partial charge in [0.15, 0.2) is 0 Å². The number of aromatic nitrogens is 1. The smallest absolute Gasteiger partial charge is 0.352 e. The van der Waals surface area contributed by atoms with Gasteiger partial charge in [0.1, 0.15) is 6.04 Å². The molecule has 1 aliphatic carbocycles. The molecular weight excluding hydrogens is 371 g/mol. The number of carbonyl (C=O) groups is 2. The number of rotatable bonds is 3. The Hall–Kier alpha value is -2.90. The van der Waals surface area contributed by atoms with Crippen molar-refractivity contribution in [2.45, 2.75) is 44.1 Å². The molecule has 1 aliphatic heterocycles. The van der Waals surface area contributed by atoms with Gasteiger partial charge in [-0.05, 0) is 30.0 Å². The van der Waals surface area contributed by atoms with Gasteiger partial charge in [0, 0.05) is 31.4 Å². The second-order valence-corrected chi connectivity index (χ2v) is 7.16. The van der Waals surface area contributed by atoms with E-state index in [1.54, 1.807) is 0 Å². The molecule has 146 valence electrons. The molecular formula is C20H18F3N3O2. The number of fused-ring (bicyclic) bond motifs is 1. The van der Waals surface area contributed by atoms with Crippen LogP contribution in [0.3, 0.4) is 0 Å². The molecule has 8 heteroatoms. The van der Waals surface area contributed by atoms with E-state index >= 15 is 0 Å². The lowest BCUT2D eigenvalue weighted by Crippen LogP contribution is -2.53. The van der Waals surface area contributed by atoms with Crippen LogP contribution < -0.4 is 5.32 Å². The fourth-order valence-corrected chi connectivity index (χ4v) is 3.37. The van der Waals surface area contributed by atoms with Gasteiger partial charge in [-0.15, -0.1) is 0 Å². The maximum atomic E-state index is 13.0. The summed E-state index contributed by atoms with van der Waals surface area (Å²) in [5.41, 5.74) is 0.670. The highest BCUT2D eigenvalue weighted by Crippen LogP contribution is 2.30. The van der Waals surface area contributed by atoms with E-state index in [-0.39, 0.29) is 24.1 Å². The largest absolute Gasteiger partial charge is 0.417 e. The number of amides is 2. The van der Waals surface area contributed by atoms with Gasteiger partial charge in [-0.1, -0.05) is 24.3 Å². The fourth-order valence-electron chi connectivity index (χ4n) is 3.37. The number of carbonyl (C=O) groups excluding carboxylic acids is 2. The van der Waals surface area contributed by atoms with Gasteiger partial charge in [-0.2, -0.15) is 13.2 Å². The maximum Gasteiger partial charge on any atom is 0.417 e. The Kier molecular flexibility index (Phi) is 4.56. The molecule has 2 aromatic rings. The fraction of sp³-hybridized carbons (Fsp3) is 0.350. The third kappa shape index (κ3) is 3.72. The summed E-state index contributed by atoms with van der Waals surface area (Å²) in [6, 6.07) is 7.59. The third-order valence-corrected chi connectivity index (χ3v) is 5.05. The van der Waals surface area contributed by atoms with Gasteiger partial charge in [0.05, 0.1) is 11.1 Å². The molecule has 2 amide bonds. The second kappa shape index (κ2) is 6.92. The average molecular weight is 389 g/mol. The molecule has 1 fully saturated rings. The number of nitrogens with zero attached hydrogens (tertiary/aromatic N) is 2. The van der Waals surface area contributed by atoms with E-state index in [4.69, 9.17) is 0 Å². The molecule has 4 rings (SSSR count). The van der Waals surface area contributed by atoms with Crippen LogP contribution in [0, 0.1) is 0 Å². The van der Waals surface area contributed by atoms with Crippen LogP contribution in [0.1, 0.15) is 39.9 Å². The van der Waals surface area contributed by atoms with Crippen LogP contribution in [0.25, 0.3) is 0 Å². The van der Waals surface area contributed by atoms with E-state index < -0.39 is 23.7 Å². The van der Waals surface area contributed by atoms with Crippen molar-refractivity contribution in [2.75, 3.05) is 0 Å². The molecule has 0 bridgehead atoms. The number of pyridine rings is 1. The van der Waals surface area contributed by atoms with Crippen molar-refractivity contribution in [3.05, 3.63) is 65.0 Å². The zero-order chi connectivity index (χ0) is 19.9. The molecule has 1 atom stereocenters. The molecule has 1 N–H and O–H groups in total. The van der Waals surface area contributed by atoms with Crippen molar-refractivity contribution >= 4 is 11.8 Å². The van der Waals surface area contributed by atoms with Crippen LogP contribution in [0.5, 0.6) is 0 Å². The molecule has 2 heterocycles. The Morgan fingerprint density at radius 3 is 2.50 bits per heavy atom. The first-order valence-corrected chi connectivity index (χ1v) is 9.03. The van der Waals surface area contributed by atoms with Crippen molar-refractivity contribution in [3.63, 3.8) is 0 Å². The van der Waals surface area contributed by atoms with Gasteiger partial charge < -0.3 is 10.2 Å². The summed E-state index contributed by atoms with van der Waals surface area (Å²) >= 11 is 0. The van der Waals surface area contributed by atoms with Crippen molar-refractivity contribution in [3.8, 4) is 0 Å². The SMILES string of the molecule is O=C(NC1CC1)[C@@H]1Cc2ccccc2CN1C(=O)c1cncc(C(F)(F)F)c1. The topological polar surface area (TPSA) is 62.3 Å². The molecule has 5 nitrogen and oxygen atoms in total. The van der Waals surface area contributed by atoms with E-state index in [0.717, 1.165) is 36.2 Å². The molecule has 0 saturated heterocycles. The Balaban J connectivity index is 1.66. The number of hydrogen-bond acceptors (Lipinski definition) is 3. The highest BCUT2D eigenvalue weighted by Gasteiger charge is 2.38. The van der Waals surface area contributed by atoms with Gasteiger partial charge in [0.25, 0.3) is 5.91 Å². The van der Waals surface area contributed by atoms with Crippen molar-refractivity contribution in [2.24, 2.45) is 0 Å². The maximum absolute atomic E-state index is 13.0. The summed E-state index contributed by atoms with van der Waals surface area (Å²) in [4.78, 5) is 30.7. The lowest BCUT2D eigenvalue weighted by atomic mass is 9.92. The monoisotopic (exact) mass is 389 g/mol. The summed E-state index contributed by atoms with van der Waals surface area (Å²) in [6.45, 7) is 0.161. The molecule has 1 aromatic heterocycles. The zero-order valence-electron chi connectivity index (χ0n) is 14.9. The normalized spacial score (nSPS) is 19.1. The Morgan fingerprint density at radius 1 is 1.11 bits per heavy atom. The standard InChI is InChI=1S/C20H18F3N3O2/c21-20(22,23)15-7-14(9-24-10-15)19(28)26-11-13-4-2-1-3-12(13)8-17(26)18(27)25-16-5-6-16/h1-4,7,9-10,16-17H,5-6,8,11H2,(H,25,27)/t17-/m0/s1. The highest BCUT2D eigenvalue weighted by molar-refractivity contribution is 5.98. The first kappa shape index (κ1) is 18.5. The van der Waals surface area contributed by atoms with Crippen molar-refractivity contribution in [1.82, 2.24) is 15.2 Å². The van der Waals surface area contributed by atoms with E-state index in [1.165, 1.54) is 4.90 Å².